The van der Waals surface area contributed by atoms with Crippen molar-refractivity contribution in [1.29, 1.82) is 0 Å². The van der Waals surface area contributed by atoms with Crippen LogP contribution in [0.4, 0.5) is 0 Å². The van der Waals surface area contributed by atoms with E-state index in [4.69, 9.17) is 4.74 Å². The van der Waals surface area contributed by atoms with Gasteiger partial charge >= 0.3 is 5.97 Å². The van der Waals surface area contributed by atoms with E-state index in [2.05, 4.69) is 0 Å². The van der Waals surface area contributed by atoms with Crippen molar-refractivity contribution in [3.05, 3.63) is 28.8 Å². The number of ether oxygens (including phenoxy) is 1. The van der Waals surface area contributed by atoms with E-state index in [0.29, 0.717) is 31.4 Å². The highest BCUT2D eigenvalue weighted by atomic mass is 16.5. The van der Waals surface area contributed by atoms with E-state index in [9.17, 15) is 34.5 Å². The summed E-state index contributed by atoms with van der Waals surface area (Å²) in [6.45, 7) is 4.95. The molecule has 1 aliphatic carbocycles. The molecule has 2 rings (SSSR count). The van der Waals surface area contributed by atoms with E-state index >= 15 is 0 Å². The van der Waals surface area contributed by atoms with Gasteiger partial charge < -0.3 is 20.1 Å². The molecule has 0 heterocycles. The third-order valence-corrected chi connectivity index (χ3v) is 6.55. The summed E-state index contributed by atoms with van der Waals surface area (Å²) < 4.78 is 5.24. The van der Waals surface area contributed by atoms with Crippen molar-refractivity contribution in [3.8, 4) is 5.75 Å². The molecule has 194 valence electrons. The minimum Gasteiger partial charge on any atom is -0.507 e. The number of hydrogen-bond donors (Lipinski definition) is 3. The molecule has 35 heavy (non-hydrogen) atoms. The van der Waals surface area contributed by atoms with Crippen LogP contribution < -0.4 is 0 Å². The second kappa shape index (κ2) is 13.5. The van der Waals surface area contributed by atoms with Gasteiger partial charge in [0.25, 0.3) is 0 Å². The first-order valence-electron chi connectivity index (χ1n) is 12.3. The Bertz CT molecular complexity index is 920. The monoisotopic (exact) mass is 490 g/mol. The van der Waals surface area contributed by atoms with E-state index in [-0.39, 0.29) is 84.7 Å². The Morgan fingerprint density at radius 1 is 1.14 bits per heavy atom. The Morgan fingerprint density at radius 3 is 2.46 bits per heavy atom. The molecule has 8 heteroatoms. The lowest BCUT2D eigenvalue weighted by Gasteiger charge is -2.31. The van der Waals surface area contributed by atoms with E-state index in [1.165, 1.54) is 13.0 Å². The Hall–Kier alpha value is -2.58. The minimum atomic E-state index is -0.790. The topological polar surface area (TPSA) is 138 Å². The zero-order valence-electron chi connectivity index (χ0n) is 20.9. The molecule has 0 saturated carbocycles. The van der Waals surface area contributed by atoms with E-state index in [1.807, 2.05) is 13.8 Å². The fraction of sp³-hybridized carbons (Fsp3) is 0.630. The van der Waals surface area contributed by atoms with Crippen molar-refractivity contribution in [2.75, 3.05) is 19.8 Å². The summed E-state index contributed by atoms with van der Waals surface area (Å²) in [4.78, 5) is 49.1. The van der Waals surface area contributed by atoms with Crippen LogP contribution in [0.15, 0.2) is 12.1 Å². The summed E-state index contributed by atoms with van der Waals surface area (Å²) in [6, 6.07) is 3.19. The third kappa shape index (κ3) is 8.25. The molecule has 3 atom stereocenters. The fourth-order valence-corrected chi connectivity index (χ4v) is 4.88. The lowest BCUT2D eigenvalue weighted by atomic mass is 9.72. The molecule has 0 aliphatic heterocycles. The maximum absolute atomic E-state index is 13.0. The largest absolute Gasteiger partial charge is 0.507 e. The predicted octanol–water partition coefficient (Wildman–Crippen LogP) is 2.81. The second-order valence-electron chi connectivity index (χ2n) is 10.0. The number of aliphatic hydroxyl groups excluding tert-OH is 2. The fourth-order valence-electron chi connectivity index (χ4n) is 4.88. The van der Waals surface area contributed by atoms with Gasteiger partial charge in [0.2, 0.25) is 0 Å². The number of carbonyl (C=O) groups excluding carboxylic acids is 4. The molecular weight excluding hydrogens is 452 g/mol. The number of Topliss-reactive ketones (excluding diaryl/α,β-unsaturated/α-hetero) is 3. The molecule has 0 aromatic heterocycles. The predicted molar refractivity (Wildman–Crippen MR) is 129 cm³/mol. The normalized spacial score (nSPS) is 17.1. The van der Waals surface area contributed by atoms with Gasteiger partial charge in [-0.1, -0.05) is 19.9 Å². The number of aliphatic hydroxyl groups is 2. The Balaban J connectivity index is 2.21. The molecular formula is C27H38O8. The molecule has 1 aromatic carbocycles. The number of carbonyl (C=O) groups is 4. The lowest BCUT2D eigenvalue weighted by molar-refractivity contribution is -0.144. The van der Waals surface area contributed by atoms with Crippen LogP contribution >= 0.6 is 0 Å². The number of hydrogen-bond acceptors (Lipinski definition) is 8. The molecule has 1 unspecified atom stereocenters. The van der Waals surface area contributed by atoms with Crippen molar-refractivity contribution in [2.24, 2.45) is 23.7 Å². The summed E-state index contributed by atoms with van der Waals surface area (Å²) in [5.41, 5.74) is 1.77. The lowest BCUT2D eigenvalue weighted by Crippen LogP contribution is -2.32. The molecule has 0 saturated heterocycles. The summed E-state index contributed by atoms with van der Waals surface area (Å²) in [5, 5.41) is 29.8. The van der Waals surface area contributed by atoms with Gasteiger partial charge in [-0.15, -0.1) is 0 Å². The maximum atomic E-state index is 13.0. The van der Waals surface area contributed by atoms with E-state index in [0.717, 1.165) is 5.56 Å². The number of rotatable bonds is 14. The molecule has 0 bridgehead atoms. The smallest absolute Gasteiger partial charge is 0.306 e. The second-order valence-corrected chi connectivity index (χ2v) is 10.0. The van der Waals surface area contributed by atoms with E-state index in [1.54, 1.807) is 6.07 Å². The summed E-state index contributed by atoms with van der Waals surface area (Å²) in [6.07, 6.45) is 1.56. The molecule has 1 aromatic rings. The molecule has 0 amide bonds. The molecule has 1 aliphatic rings. The highest BCUT2D eigenvalue weighted by Crippen LogP contribution is 2.38. The Morgan fingerprint density at radius 2 is 1.86 bits per heavy atom. The third-order valence-electron chi connectivity index (χ3n) is 6.55. The number of benzene rings is 1. The standard InChI is InChI=1S/C27H38O8/c1-16(2)15-35-26(34)7-5-19-4-6-23(31)27-21(19)12-18(13-25(27)33)11-20(8-9-28)22(14-29)24(32)10-17(3)30/h4,6,16,18,20,22,28-29,31H,5,7-15H2,1-3H3/t18-,20-,22?/m1/s1. The zero-order chi connectivity index (χ0) is 26.1. The van der Waals surface area contributed by atoms with Gasteiger partial charge in [-0.3, -0.25) is 19.2 Å². The number of phenols is 1. The first kappa shape index (κ1) is 28.7. The number of ketones is 3. The van der Waals surface area contributed by atoms with Gasteiger partial charge in [0.05, 0.1) is 25.2 Å². The van der Waals surface area contributed by atoms with Crippen molar-refractivity contribution in [1.82, 2.24) is 0 Å². The summed E-state index contributed by atoms with van der Waals surface area (Å²) in [5.74, 6) is -2.39. The average molecular weight is 491 g/mol. The minimum absolute atomic E-state index is 0.0913. The Labute approximate surface area is 206 Å². The highest BCUT2D eigenvalue weighted by molar-refractivity contribution is 6.01. The van der Waals surface area contributed by atoms with Gasteiger partial charge in [0, 0.05) is 25.4 Å². The van der Waals surface area contributed by atoms with Crippen LogP contribution in [0.3, 0.4) is 0 Å². The maximum Gasteiger partial charge on any atom is 0.306 e. The highest BCUT2D eigenvalue weighted by Gasteiger charge is 2.34. The van der Waals surface area contributed by atoms with Crippen LogP contribution in [0.2, 0.25) is 0 Å². The summed E-state index contributed by atoms with van der Waals surface area (Å²) >= 11 is 0. The van der Waals surface area contributed by atoms with Gasteiger partial charge in [0.1, 0.15) is 17.3 Å². The molecule has 3 N–H and O–H groups in total. The number of esters is 1. The van der Waals surface area contributed by atoms with Crippen molar-refractivity contribution in [2.45, 2.75) is 65.7 Å². The van der Waals surface area contributed by atoms with Crippen molar-refractivity contribution < 1.29 is 39.2 Å². The van der Waals surface area contributed by atoms with Crippen LogP contribution in [-0.2, 0) is 32.0 Å². The van der Waals surface area contributed by atoms with Crippen LogP contribution in [0.1, 0.15) is 74.4 Å². The molecule has 8 nitrogen and oxygen atoms in total. The van der Waals surface area contributed by atoms with Crippen LogP contribution in [0, 0.1) is 23.7 Å². The molecule has 0 fully saturated rings. The Kier molecular flexibility index (Phi) is 11.0. The van der Waals surface area contributed by atoms with Crippen LogP contribution in [0.25, 0.3) is 0 Å². The number of aromatic hydroxyl groups is 1. The SMILES string of the molecule is CC(=O)CC(=O)C(CO)[C@H](CCO)C[C@H]1CC(=O)c2c(O)ccc(CCC(=O)OCC(C)C)c2C1. The average Bonchev–Trinajstić information content (AvgIpc) is 2.77. The van der Waals surface area contributed by atoms with E-state index < -0.39 is 12.5 Å². The number of fused-ring (bicyclic) bond motifs is 1. The molecule has 0 spiro atoms. The van der Waals surface area contributed by atoms with Crippen LogP contribution in [0.5, 0.6) is 5.75 Å². The van der Waals surface area contributed by atoms with Gasteiger partial charge in [0.15, 0.2) is 5.78 Å². The van der Waals surface area contributed by atoms with Gasteiger partial charge in [-0.2, -0.15) is 0 Å². The van der Waals surface area contributed by atoms with Crippen LogP contribution in [-0.4, -0.2) is 58.5 Å². The first-order chi connectivity index (χ1) is 16.6. The molecule has 0 radical (unpaired) electrons. The number of phenolic OH excluding ortho intramolecular Hbond substituents is 1. The van der Waals surface area contributed by atoms with Gasteiger partial charge in [-0.05, 0) is 67.6 Å². The summed E-state index contributed by atoms with van der Waals surface area (Å²) in [7, 11) is 0. The first-order valence-corrected chi connectivity index (χ1v) is 12.3. The van der Waals surface area contributed by atoms with Gasteiger partial charge in [-0.25, -0.2) is 0 Å². The zero-order valence-corrected chi connectivity index (χ0v) is 20.9. The van der Waals surface area contributed by atoms with Crippen molar-refractivity contribution in [3.63, 3.8) is 0 Å². The quantitative estimate of drug-likeness (QED) is 0.267. The number of aryl methyl sites for hydroxylation is 1. The van der Waals surface area contributed by atoms with Crippen molar-refractivity contribution >= 4 is 23.3 Å².